The van der Waals surface area contributed by atoms with Crippen LogP contribution in [-0.4, -0.2) is 82.9 Å². The molecule has 1 heterocycles. The van der Waals surface area contributed by atoms with Crippen molar-refractivity contribution in [2.75, 3.05) is 52.6 Å². The number of hydrogen-bond acceptors (Lipinski definition) is 5. The quantitative estimate of drug-likeness (QED) is 0.668. The molecule has 1 fully saturated rings. The van der Waals surface area contributed by atoms with Gasteiger partial charge in [-0.25, -0.2) is 25.5 Å². The van der Waals surface area contributed by atoms with Crippen LogP contribution in [0.3, 0.4) is 0 Å². The van der Waals surface area contributed by atoms with Gasteiger partial charge < -0.3 is 4.90 Å². The molecule has 7 nitrogen and oxygen atoms in total. The summed E-state index contributed by atoms with van der Waals surface area (Å²) in [5, 5.41) is 0. The summed E-state index contributed by atoms with van der Waals surface area (Å²) in [6, 6.07) is 4.84. The van der Waals surface area contributed by atoms with E-state index in [4.69, 9.17) is 0 Å². The molecule has 1 aliphatic rings. The lowest BCUT2D eigenvalue weighted by Gasteiger charge is -2.22. The molecular weight excluding hydrogens is 381 g/mol. The van der Waals surface area contributed by atoms with Crippen molar-refractivity contribution in [1.82, 2.24) is 13.5 Å². The molecule has 1 aliphatic heterocycles. The Balaban J connectivity index is 1.92. The summed E-state index contributed by atoms with van der Waals surface area (Å²) in [7, 11) is -3.83. The molecule has 10 heteroatoms. The zero-order valence-corrected chi connectivity index (χ0v) is 16.8. The van der Waals surface area contributed by atoms with Crippen LogP contribution in [0, 0.1) is 5.82 Å². The van der Waals surface area contributed by atoms with E-state index in [1.807, 2.05) is 0 Å². The Bertz CT molecular complexity index is 795. The first kappa shape index (κ1) is 21.2. The van der Waals surface area contributed by atoms with Crippen LogP contribution in [0.25, 0.3) is 0 Å². The van der Waals surface area contributed by atoms with Gasteiger partial charge in [0.2, 0.25) is 20.0 Å². The lowest BCUT2D eigenvalue weighted by Crippen LogP contribution is -2.36. The second-order valence-electron chi connectivity index (χ2n) is 6.51. The van der Waals surface area contributed by atoms with Crippen molar-refractivity contribution in [1.29, 1.82) is 0 Å². The van der Waals surface area contributed by atoms with Crippen LogP contribution in [0.4, 0.5) is 4.39 Å². The molecule has 26 heavy (non-hydrogen) atoms. The van der Waals surface area contributed by atoms with Crippen LogP contribution in [0.2, 0.25) is 0 Å². The summed E-state index contributed by atoms with van der Waals surface area (Å²) in [5.41, 5.74) is 0. The van der Waals surface area contributed by atoms with Crippen LogP contribution < -0.4 is 0 Å². The highest BCUT2D eigenvalue weighted by Crippen LogP contribution is 2.18. The van der Waals surface area contributed by atoms with Gasteiger partial charge in [-0.05, 0) is 50.2 Å². The summed E-state index contributed by atoms with van der Waals surface area (Å²) in [6.07, 6.45) is 1.17. The van der Waals surface area contributed by atoms with Gasteiger partial charge in [0, 0.05) is 33.7 Å². The zero-order chi connectivity index (χ0) is 19.4. The standard InChI is InChI=1S/C16H26FN3O4S2/c1-18(2)25(21,22)14-4-10-19-9-3-11-20(13-12-19)26(23,24)16-7-5-15(17)6-8-16/h5-8H,3-4,9-14H2,1-2H3. The van der Waals surface area contributed by atoms with Crippen LogP contribution in [-0.2, 0) is 20.0 Å². The summed E-state index contributed by atoms with van der Waals surface area (Å²) in [4.78, 5) is 2.18. The molecule has 2 rings (SSSR count). The Morgan fingerprint density at radius 3 is 2.27 bits per heavy atom. The van der Waals surface area contributed by atoms with Gasteiger partial charge in [-0.1, -0.05) is 0 Å². The maximum absolute atomic E-state index is 13.0. The van der Waals surface area contributed by atoms with E-state index >= 15 is 0 Å². The normalized spacial score (nSPS) is 18.2. The van der Waals surface area contributed by atoms with Gasteiger partial charge in [-0.3, -0.25) is 0 Å². The zero-order valence-electron chi connectivity index (χ0n) is 15.1. The predicted molar refractivity (Wildman–Crippen MR) is 98.3 cm³/mol. The van der Waals surface area contributed by atoms with Crippen molar-refractivity contribution in [3.63, 3.8) is 0 Å². The third-order valence-corrected chi connectivity index (χ3v) is 8.26. The van der Waals surface area contributed by atoms with E-state index in [0.717, 1.165) is 18.7 Å². The second kappa shape index (κ2) is 8.75. The minimum absolute atomic E-state index is 0.0775. The van der Waals surface area contributed by atoms with Gasteiger partial charge in [0.15, 0.2) is 0 Å². The molecule has 0 saturated carbocycles. The highest BCUT2D eigenvalue weighted by molar-refractivity contribution is 7.89. The van der Waals surface area contributed by atoms with E-state index in [2.05, 4.69) is 4.90 Å². The van der Waals surface area contributed by atoms with E-state index < -0.39 is 25.9 Å². The molecule has 0 bridgehead atoms. The molecule has 0 N–H and O–H groups in total. The fourth-order valence-electron chi connectivity index (χ4n) is 2.82. The molecule has 1 saturated heterocycles. The molecule has 0 amide bonds. The van der Waals surface area contributed by atoms with Gasteiger partial charge in [-0.2, -0.15) is 4.31 Å². The lowest BCUT2D eigenvalue weighted by molar-refractivity contribution is 0.287. The fourth-order valence-corrected chi connectivity index (χ4v) is 5.15. The van der Waals surface area contributed by atoms with Crippen LogP contribution in [0.1, 0.15) is 12.8 Å². The average Bonchev–Trinajstić information content (AvgIpc) is 2.81. The first-order valence-electron chi connectivity index (χ1n) is 8.51. The Morgan fingerprint density at radius 1 is 1.00 bits per heavy atom. The number of hydrogen-bond donors (Lipinski definition) is 0. The molecule has 0 aliphatic carbocycles. The average molecular weight is 408 g/mol. The van der Waals surface area contributed by atoms with E-state index in [0.29, 0.717) is 39.0 Å². The largest absolute Gasteiger partial charge is 0.302 e. The van der Waals surface area contributed by atoms with E-state index in [1.54, 1.807) is 0 Å². The van der Waals surface area contributed by atoms with Crippen LogP contribution in [0.15, 0.2) is 29.2 Å². The maximum Gasteiger partial charge on any atom is 0.243 e. The molecule has 0 atom stereocenters. The fraction of sp³-hybridized carbons (Fsp3) is 0.625. The van der Waals surface area contributed by atoms with Gasteiger partial charge in [0.25, 0.3) is 0 Å². The molecule has 0 aromatic heterocycles. The molecule has 1 aromatic carbocycles. The molecule has 0 spiro atoms. The number of nitrogens with zero attached hydrogens (tertiary/aromatic N) is 3. The van der Waals surface area contributed by atoms with Gasteiger partial charge >= 0.3 is 0 Å². The van der Waals surface area contributed by atoms with E-state index in [1.165, 1.54) is 34.8 Å². The number of rotatable bonds is 7. The Morgan fingerprint density at radius 2 is 1.65 bits per heavy atom. The van der Waals surface area contributed by atoms with Gasteiger partial charge in [0.1, 0.15) is 5.82 Å². The third-order valence-electron chi connectivity index (χ3n) is 4.43. The molecule has 148 valence electrons. The molecule has 1 aromatic rings. The molecule has 0 unspecified atom stereocenters. The van der Waals surface area contributed by atoms with Crippen LogP contribution >= 0.6 is 0 Å². The Kier molecular flexibility index (Phi) is 7.14. The second-order valence-corrected chi connectivity index (χ2v) is 10.7. The summed E-state index contributed by atoms with van der Waals surface area (Å²) < 4.78 is 64.6. The smallest absolute Gasteiger partial charge is 0.243 e. The van der Waals surface area contributed by atoms with Crippen molar-refractivity contribution in [2.45, 2.75) is 17.7 Å². The van der Waals surface area contributed by atoms with Gasteiger partial charge in [-0.15, -0.1) is 0 Å². The van der Waals surface area contributed by atoms with Crippen molar-refractivity contribution in [3.05, 3.63) is 30.1 Å². The predicted octanol–water partition coefficient (Wildman–Crippen LogP) is 0.804. The SMILES string of the molecule is CN(C)S(=O)(=O)CCCN1CCCN(S(=O)(=O)c2ccc(F)cc2)CC1. The summed E-state index contributed by atoms with van der Waals surface area (Å²) >= 11 is 0. The Labute approximate surface area is 155 Å². The molecule has 0 radical (unpaired) electrons. The number of halogens is 1. The van der Waals surface area contributed by atoms with Crippen molar-refractivity contribution in [3.8, 4) is 0 Å². The monoisotopic (exact) mass is 407 g/mol. The summed E-state index contributed by atoms with van der Waals surface area (Å²) in [6.45, 7) is 2.60. The maximum atomic E-state index is 13.0. The Hall–Kier alpha value is -1.07. The van der Waals surface area contributed by atoms with Crippen molar-refractivity contribution in [2.24, 2.45) is 0 Å². The molecular formula is C16H26FN3O4S2. The number of benzene rings is 1. The topological polar surface area (TPSA) is 78.0 Å². The third kappa shape index (κ3) is 5.46. The van der Waals surface area contributed by atoms with Crippen LogP contribution in [0.5, 0.6) is 0 Å². The highest BCUT2D eigenvalue weighted by atomic mass is 32.2. The summed E-state index contributed by atoms with van der Waals surface area (Å²) in [5.74, 6) is -0.396. The first-order valence-corrected chi connectivity index (χ1v) is 11.6. The van der Waals surface area contributed by atoms with Gasteiger partial charge in [0.05, 0.1) is 10.6 Å². The van der Waals surface area contributed by atoms with Crippen molar-refractivity contribution < 1.29 is 21.2 Å². The number of sulfonamides is 2. The van der Waals surface area contributed by atoms with E-state index in [9.17, 15) is 21.2 Å². The minimum atomic E-state index is -3.64. The van der Waals surface area contributed by atoms with Crippen molar-refractivity contribution >= 4 is 20.0 Å². The highest BCUT2D eigenvalue weighted by Gasteiger charge is 2.27. The lowest BCUT2D eigenvalue weighted by atomic mass is 10.3. The minimum Gasteiger partial charge on any atom is -0.302 e. The van der Waals surface area contributed by atoms with E-state index in [-0.39, 0.29) is 10.6 Å². The first-order chi connectivity index (χ1) is 12.1.